The summed E-state index contributed by atoms with van der Waals surface area (Å²) in [5.74, 6) is 1.21. The molecule has 3 aromatic rings. The lowest BCUT2D eigenvalue weighted by molar-refractivity contribution is 0.0724. The molecule has 0 atom stereocenters. The number of hydrogen-bond donors (Lipinski definition) is 0. The Hall–Kier alpha value is -2.31. The minimum absolute atomic E-state index is 0.118. The number of hydrogen-bond acceptors (Lipinski definition) is 5. The van der Waals surface area contributed by atoms with Gasteiger partial charge in [0.05, 0.1) is 0 Å². The van der Waals surface area contributed by atoms with Crippen LogP contribution >= 0.6 is 23.4 Å². The Morgan fingerprint density at radius 1 is 1.07 bits per heavy atom. The van der Waals surface area contributed by atoms with Gasteiger partial charge in [-0.05, 0) is 55.2 Å². The van der Waals surface area contributed by atoms with Crippen LogP contribution in [0.5, 0.6) is 0 Å². The predicted octanol–water partition coefficient (Wildman–Crippen LogP) is 5.31. The second kappa shape index (κ2) is 8.80. The summed E-state index contributed by atoms with van der Waals surface area (Å²) in [6.07, 6.45) is 3.39. The summed E-state index contributed by atoms with van der Waals surface area (Å²) >= 11 is 7.46. The van der Waals surface area contributed by atoms with Crippen molar-refractivity contribution in [3.05, 3.63) is 64.7 Å². The van der Waals surface area contributed by atoms with E-state index in [1.807, 2.05) is 41.3 Å². The molecule has 0 saturated carbocycles. The number of benzene rings is 2. The largest absolute Gasteiger partial charge is 0.411 e. The Balaban J connectivity index is 1.41. The summed E-state index contributed by atoms with van der Waals surface area (Å²) in [4.78, 5) is 14.6. The zero-order valence-corrected chi connectivity index (χ0v) is 16.9. The molecule has 2 heterocycles. The van der Waals surface area contributed by atoms with Crippen LogP contribution in [0.4, 0.5) is 0 Å². The topological polar surface area (TPSA) is 59.2 Å². The van der Waals surface area contributed by atoms with Gasteiger partial charge in [0, 0.05) is 35.0 Å². The molecule has 4 rings (SSSR count). The van der Waals surface area contributed by atoms with E-state index in [0.29, 0.717) is 21.9 Å². The first kappa shape index (κ1) is 19.0. The minimum Gasteiger partial charge on any atom is -0.411 e. The van der Waals surface area contributed by atoms with Gasteiger partial charge in [0.25, 0.3) is 11.1 Å². The lowest BCUT2D eigenvalue weighted by Gasteiger charge is -2.26. The lowest BCUT2D eigenvalue weighted by atomic mass is 10.1. The van der Waals surface area contributed by atoms with E-state index in [9.17, 15) is 4.79 Å². The maximum absolute atomic E-state index is 12.7. The Labute approximate surface area is 173 Å². The number of piperidine rings is 1. The van der Waals surface area contributed by atoms with Gasteiger partial charge >= 0.3 is 0 Å². The zero-order chi connectivity index (χ0) is 19.3. The molecule has 2 aromatic carbocycles. The van der Waals surface area contributed by atoms with Crippen molar-refractivity contribution >= 4 is 29.3 Å². The quantitative estimate of drug-likeness (QED) is 0.530. The van der Waals surface area contributed by atoms with E-state index in [0.717, 1.165) is 42.6 Å². The molecule has 0 N–H and O–H groups in total. The van der Waals surface area contributed by atoms with E-state index in [2.05, 4.69) is 10.2 Å². The fourth-order valence-corrected chi connectivity index (χ4v) is 4.12. The van der Waals surface area contributed by atoms with E-state index < -0.39 is 0 Å². The fourth-order valence-electron chi connectivity index (χ4n) is 3.23. The van der Waals surface area contributed by atoms with E-state index in [1.54, 1.807) is 12.1 Å². The second-order valence-corrected chi connectivity index (χ2v) is 8.09. The van der Waals surface area contributed by atoms with Gasteiger partial charge in [0.2, 0.25) is 5.89 Å². The predicted molar refractivity (Wildman–Crippen MR) is 111 cm³/mol. The molecule has 1 aliphatic heterocycles. The second-order valence-electron chi connectivity index (χ2n) is 6.73. The van der Waals surface area contributed by atoms with Gasteiger partial charge in [0.1, 0.15) is 0 Å². The third kappa shape index (κ3) is 4.56. The van der Waals surface area contributed by atoms with Gasteiger partial charge in [-0.15, -0.1) is 10.2 Å². The molecule has 0 spiro atoms. The third-order valence-electron chi connectivity index (χ3n) is 4.66. The first-order chi connectivity index (χ1) is 13.7. The summed E-state index contributed by atoms with van der Waals surface area (Å²) in [6.45, 7) is 1.71. The Bertz CT molecular complexity index is 970. The maximum Gasteiger partial charge on any atom is 0.277 e. The first-order valence-electron chi connectivity index (χ1n) is 9.29. The lowest BCUT2D eigenvalue weighted by Crippen LogP contribution is -2.35. The monoisotopic (exact) mass is 413 g/mol. The molecule has 0 aliphatic carbocycles. The van der Waals surface area contributed by atoms with Crippen LogP contribution in [0.15, 0.2) is 58.2 Å². The van der Waals surface area contributed by atoms with Crippen LogP contribution in [0.2, 0.25) is 5.02 Å². The number of nitrogens with zero attached hydrogens (tertiary/aromatic N) is 3. The van der Waals surface area contributed by atoms with Crippen molar-refractivity contribution in [1.82, 2.24) is 15.1 Å². The van der Waals surface area contributed by atoms with Crippen molar-refractivity contribution in [2.45, 2.75) is 30.2 Å². The van der Waals surface area contributed by atoms with Crippen LogP contribution in [-0.4, -0.2) is 34.1 Å². The summed E-state index contributed by atoms with van der Waals surface area (Å²) in [7, 11) is 0. The van der Waals surface area contributed by atoms with Crippen LogP contribution in [0, 0.1) is 0 Å². The minimum atomic E-state index is 0.118. The number of thioether (sulfide) groups is 1. The van der Waals surface area contributed by atoms with Crippen molar-refractivity contribution in [3.63, 3.8) is 0 Å². The SMILES string of the molecule is O=C(c1cccc(CSc2nnc(-c3cccc(Cl)c3)o2)c1)N1CCCCC1. The molecule has 0 bridgehead atoms. The highest BCUT2D eigenvalue weighted by molar-refractivity contribution is 7.98. The molecule has 1 fully saturated rings. The number of carbonyl (C=O) groups excluding carboxylic acids is 1. The van der Waals surface area contributed by atoms with Gasteiger partial charge in [-0.1, -0.05) is 41.6 Å². The fraction of sp³-hybridized carbons (Fsp3) is 0.286. The highest BCUT2D eigenvalue weighted by Gasteiger charge is 2.18. The summed E-state index contributed by atoms with van der Waals surface area (Å²) < 4.78 is 5.73. The molecule has 1 aromatic heterocycles. The number of carbonyl (C=O) groups is 1. The van der Waals surface area contributed by atoms with Gasteiger partial charge in [0.15, 0.2) is 0 Å². The Morgan fingerprint density at radius 2 is 1.89 bits per heavy atom. The first-order valence-corrected chi connectivity index (χ1v) is 10.7. The standard InChI is InChI=1S/C21H20ClN3O2S/c22-18-9-5-7-16(13-18)19-23-24-21(27-19)28-14-15-6-4-8-17(12-15)20(26)25-10-2-1-3-11-25/h4-9,12-13H,1-3,10-11,14H2. The van der Waals surface area contributed by atoms with Crippen molar-refractivity contribution in [2.75, 3.05) is 13.1 Å². The molecule has 144 valence electrons. The van der Waals surface area contributed by atoms with Gasteiger partial charge in [-0.25, -0.2) is 0 Å². The molecule has 1 aliphatic rings. The summed E-state index contributed by atoms with van der Waals surface area (Å²) in [5, 5.41) is 9.30. The average molecular weight is 414 g/mol. The molecular weight excluding hydrogens is 394 g/mol. The molecule has 1 amide bonds. The van der Waals surface area contributed by atoms with E-state index in [4.69, 9.17) is 16.0 Å². The molecule has 0 radical (unpaired) electrons. The molecule has 1 saturated heterocycles. The normalized spacial score (nSPS) is 14.2. The summed E-state index contributed by atoms with van der Waals surface area (Å²) in [6, 6.07) is 15.1. The van der Waals surface area contributed by atoms with Crippen LogP contribution in [0.25, 0.3) is 11.5 Å². The van der Waals surface area contributed by atoms with E-state index >= 15 is 0 Å². The third-order valence-corrected chi connectivity index (χ3v) is 5.78. The molecular formula is C21H20ClN3O2S. The Kier molecular flexibility index (Phi) is 5.98. The highest BCUT2D eigenvalue weighted by Crippen LogP contribution is 2.27. The van der Waals surface area contributed by atoms with Crippen LogP contribution < -0.4 is 0 Å². The van der Waals surface area contributed by atoms with E-state index in [1.165, 1.54) is 18.2 Å². The number of halogens is 1. The Morgan fingerprint density at radius 3 is 2.71 bits per heavy atom. The van der Waals surface area contributed by atoms with Crippen LogP contribution in [-0.2, 0) is 5.75 Å². The smallest absolute Gasteiger partial charge is 0.277 e. The number of aromatic nitrogens is 2. The molecule has 0 unspecified atom stereocenters. The zero-order valence-electron chi connectivity index (χ0n) is 15.3. The van der Waals surface area contributed by atoms with Crippen molar-refractivity contribution < 1.29 is 9.21 Å². The van der Waals surface area contributed by atoms with Crippen molar-refractivity contribution in [2.24, 2.45) is 0 Å². The molecule has 5 nitrogen and oxygen atoms in total. The summed E-state index contributed by atoms with van der Waals surface area (Å²) in [5.41, 5.74) is 2.58. The number of amides is 1. The van der Waals surface area contributed by atoms with Gasteiger partial charge in [-0.2, -0.15) is 0 Å². The molecule has 28 heavy (non-hydrogen) atoms. The van der Waals surface area contributed by atoms with Crippen LogP contribution in [0.1, 0.15) is 35.2 Å². The van der Waals surface area contributed by atoms with Gasteiger partial charge in [-0.3, -0.25) is 4.79 Å². The van der Waals surface area contributed by atoms with Crippen LogP contribution in [0.3, 0.4) is 0 Å². The average Bonchev–Trinajstić information content (AvgIpc) is 3.22. The van der Waals surface area contributed by atoms with Gasteiger partial charge < -0.3 is 9.32 Å². The number of likely N-dealkylation sites (tertiary alicyclic amines) is 1. The number of rotatable bonds is 5. The molecule has 7 heteroatoms. The van der Waals surface area contributed by atoms with Crippen molar-refractivity contribution in [1.29, 1.82) is 0 Å². The van der Waals surface area contributed by atoms with Crippen molar-refractivity contribution in [3.8, 4) is 11.5 Å². The highest BCUT2D eigenvalue weighted by atomic mass is 35.5. The maximum atomic E-state index is 12.7. The van der Waals surface area contributed by atoms with E-state index in [-0.39, 0.29) is 5.91 Å².